The molecule has 2 nitrogen and oxygen atoms in total. The SMILES string of the molecule is CCc1c([C@@H](c2cccc(C)c2)c2c[nH]c3ccccc23)n(C(C)C)c2cccc(C)c12. The number of fused-ring (bicyclic) bond motifs is 2. The zero-order chi connectivity index (χ0) is 22.4. The molecule has 2 aromatic heterocycles. The van der Waals surface area contributed by atoms with Gasteiger partial charge in [0.05, 0.1) is 5.92 Å². The van der Waals surface area contributed by atoms with E-state index in [1.165, 1.54) is 55.3 Å². The monoisotopic (exact) mass is 420 g/mol. The maximum absolute atomic E-state index is 3.54. The van der Waals surface area contributed by atoms with Crippen LogP contribution in [0.5, 0.6) is 0 Å². The summed E-state index contributed by atoms with van der Waals surface area (Å²) >= 11 is 0. The molecule has 32 heavy (non-hydrogen) atoms. The second kappa shape index (κ2) is 8.02. The van der Waals surface area contributed by atoms with Gasteiger partial charge in [0, 0.05) is 39.7 Å². The molecule has 0 amide bonds. The number of rotatable bonds is 5. The minimum absolute atomic E-state index is 0.162. The standard InChI is InChI=1S/C30H32N2/c1-6-23-28-21(5)12-10-16-27(28)32(19(2)3)30(23)29(22-13-9-11-20(4)17-22)25-18-31-26-15-8-7-14-24(25)26/h7-19,29,31H,6H2,1-5H3/t29-/m0/s1. The van der Waals surface area contributed by atoms with Crippen molar-refractivity contribution in [3.8, 4) is 0 Å². The number of hydrogen-bond acceptors (Lipinski definition) is 0. The lowest BCUT2D eigenvalue weighted by Gasteiger charge is -2.25. The molecular formula is C30H32N2. The Morgan fingerprint density at radius 2 is 1.69 bits per heavy atom. The van der Waals surface area contributed by atoms with Crippen molar-refractivity contribution in [1.82, 2.24) is 9.55 Å². The molecule has 162 valence electrons. The van der Waals surface area contributed by atoms with E-state index < -0.39 is 0 Å². The van der Waals surface area contributed by atoms with Crippen molar-refractivity contribution < 1.29 is 0 Å². The highest BCUT2D eigenvalue weighted by atomic mass is 15.0. The highest BCUT2D eigenvalue weighted by Gasteiger charge is 2.29. The van der Waals surface area contributed by atoms with E-state index in [4.69, 9.17) is 0 Å². The highest BCUT2D eigenvalue weighted by molar-refractivity contribution is 5.91. The number of aromatic amines is 1. The fourth-order valence-electron chi connectivity index (χ4n) is 5.54. The summed E-state index contributed by atoms with van der Waals surface area (Å²) < 4.78 is 2.59. The quantitative estimate of drug-likeness (QED) is 0.297. The molecule has 3 aromatic carbocycles. The first-order valence-electron chi connectivity index (χ1n) is 11.8. The number of benzene rings is 3. The van der Waals surface area contributed by atoms with Gasteiger partial charge in [-0.05, 0) is 68.5 Å². The third-order valence-electron chi connectivity index (χ3n) is 6.83. The van der Waals surface area contributed by atoms with Gasteiger partial charge < -0.3 is 9.55 Å². The van der Waals surface area contributed by atoms with E-state index in [0.29, 0.717) is 6.04 Å². The normalized spacial score (nSPS) is 12.8. The summed E-state index contributed by atoms with van der Waals surface area (Å²) in [6, 6.07) is 24.9. The fourth-order valence-corrected chi connectivity index (χ4v) is 5.54. The summed E-state index contributed by atoms with van der Waals surface area (Å²) in [6.07, 6.45) is 3.24. The molecule has 0 fully saturated rings. The number of hydrogen-bond donors (Lipinski definition) is 1. The Labute approximate surface area is 190 Å². The first-order valence-corrected chi connectivity index (χ1v) is 11.8. The van der Waals surface area contributed by atoms with Crippen LogP contribution in [0.2, 0.25) is 0 Å². The lowest BCUT2D eigenvalue weighted by atomic mass is 9.84. The van der Waals surface area contributed by atoms with E-state index in [1.54, 1.807) is 0 Å². The minimum atomic E-state index is 0.162. The van der Waals surface area contributed by atoms with Crippen LogP contribution in [0.4, 0.5) is 0 Å². The van der Waals surface area contributed by atoms with Gasteiger partial charge in [-0.15, -0.1) is 0 Å². The lowest BCUT2D eigenvalue weighted by molar-refractivity contribution is 0.586. The molecule has 1 N–H and O–H groups in total. The van der Waals surface area contributed by atoms with Crippen molar-refractivity contribution in [3.63, 3.8) is 0 Å². The van der Waals surface area contributed by atoms with E-state index in [-0.39, 0.29) is 5.92 Å². The Morgan fingerprint density at radius 3 is 2.44 bits per heavy atom. The van der Waals surface area contributed by atoms with Crippen molar-refractivity contribution >= 4 is 21.8 Å². The van der Waals surface area contributed by atoms with Crippen molar-refractivity contribution in [1.29, 1.82) is 0 Å². The second-order valence-electron chi connectivity index (χ2n) is 9.29. The largest absolute Gasteiger partial charge is 0.361 e. The number of H-pyrrole nitrogens is 1. The number of nitrogens with zero attached hydrogens (tertiary/aromatic N) is 1. The zero-order valence-electron chi connectivity index (χ0n) is 19.7. The summed E-state index contributed by atoms with van der Waals surface area (Å²) in [5.74, 6) is 0.162. The average Bonchev–Trinajstić information content (AvgIpc) is 3.34. The summed E-state index contributed by atoms with van der Waals surface area (Å²) in [5, 5.41) is 2.73. The predicted octanol–water partition coefficient (Wildman–Crippen LogP) is 8.06. The second-order valence-corrected chi connectivity index (χ2v) is 9.29. The molecule has 0 bridgehead atoms. The Bertz CT molecular complexity index is 1410. The molecule has 0 aliphatic carbocycles. The molecule has 5 aromatic rings. The van der Waals surface area contributed by atoms with Crippen LogP contribution in [0.3, 0.4) is 0 Å². The Morgan fingerprint density at radius 1 is 0.906 bits per heavy atom. The van der Waals surface area contributed by atoms with Gasteiger partial charge in [-0.2, -0.15) is 0 Å². The molecule has 0 aliphatic heterocycles. The molecule has 5 rings (SSSR count). The Hall–Kier alpha value is -3.26. The van der Waals surface area contributed by atoms with E-state index in [1.807, 2.05) is 0 Å². The van der Waals surface area contributed by atoms with Crippen LogP contribution in [0, 0.1) is 13.8 Å². The summed E-state index contributed by atoms with van der Waals surface area (Å²) in [4.78, 5) is 3.54. The minimum Gasteiger partial charge on any atom is -0.361 e. The molecule has 0 saturated heterocycles. The average molecular weight is 421 g/mol. The first kappa shape index (κ1) is 20.6. The third kappa shape index (κ3) is 3.17. The van der Waals surface area contributed by atoms with Crippen LogP contribution in [-0.2, 0) is 6.42 Å². The van der Waals surface area contributed by atoms with Gasteiger partial charge >= 0.3 is 0 Å². The summed E-state index contributed by atoms with van der Waals surface area (Å²) in [7, 11) is 0. The van der Waals surface area contributed by atoms with Gasteiger partial charge in [0.25, 0.3) is 0 Å². The predicted molar refractivity (Wildman–Crippen MR) is 137 cm³/mol. The van der Waals surface area contributed by atoms with Gasteiger partial charge in [-0.25, -0.2) is 0 Å². The summed E-state index contributed by atoms with van der Waals surface area (Å²) in [6.45, 7) is 11.4. The van der Waals surface area contributed by atoms with E-state index in [2.05, 4.69) is 117 Å². The number of nitrogens with one attached hydrogen (secondary N) is 1. The molecule has 0 aliphatic rings. The van der Waals surface area contributed by atoms with Gasteiger partial charge in [0.1, 0.15) is 0 Å². The number of aryl methyl sites for hydroxylation is 3. The van der Waals surface area contributed by atoms with Crippen LogP contribution in [0.25, 0.3) is 21.8 Å². The van der Waals surface area contributed by atoms with Crippen molar-refractivity contribution in [2.24, 2.45) is 0 Å². The van der Waals surface area contributed by atoms with Gasteiger partial charge in [0.2, 0.25) is 0 Å². The highest BCUT2D eigenvalue weighted by Crippen LogP contribution is 2.43. The van der Waals surface area contributed by atoms with Crippen LogP contribution in [0.1, 0.15) is 66.2 Å². The van der Waals surface area contributed by atoms with Crippen molar-refractivity contribution in [2.75, 3.05) is 0 Å². The third-order valence-corrected chi connectivity index (χ3v) is 6.83. The molecule has 0 unspecified atom stereocenters. The van der Waals surface area contributed by atoms with Crippen LogP contribution in [0.15, 0.2) is 72.9 Å². The lowest BCUT2D eigenvalue weighted by Crippen LogP contribution is -2.14. The van der Waals surface area contributed by atoms with E-state index in [9.17, 15) is 0 Å². The maximum atomic E-state index is 3.54. The van der Waals surface area contributed by atoms with Crippen molar-refractivity contribution in [3.05, 3.63) is 106 Å². The molecular weight excluding hydrogens is 388 g/mol. The molecule has 0 spiro atoms. The van der Waals surface area contributed by atoms with E-state index >= 15 is 0 Å². The van der Waals surface area contributed by atoms with Crippen LogP contribution in [-0.4, -0.2) is 9.55 Å². The van der Waals surface area contributed by atoms with Gasteiger partial charge in [0.15, 0.2) is 0 Å². The van der Waals surface area contributed by atoms with E-state index in [0.717, 1.165) is 6.42 Å². The number of para-hydroxylation sites is 1. The Kier molecular flexibility index (Phi) is 5.17. The topological polar surface area (TPSA) is 20.7 Å². The van der Waals surface area contributed by atoms with Crippen LogP contribution < -0.4 is 0 Å². The molecule has 0 radical (unpaired) electrons. The van der Waals surface area contributed by atoms with Gasteiger partial charge in [-0.1, -0.05) is 67.1 Å². The van der Waals surface area contributed by atoms with Crippen LogP contribution >= 0.6 is 0 Å². The van der Waals surface area contributed by atoms with Crippen molar-refractivity contribution in [2.45, 2.75) is 53.0 Å². The molecule has 2 heterocycles. The van der Waals surface area contributed by atoms with Gasteiger partial charge in [-0.3, -0.25) is 0 Å². The smallest absolute Gasteiger partial charge is 0.0517 e. The summed E-state index contributed by atoms with van der Waals surface area (Å²) in [5.41, 5.74) is 10.8. The maximum Gasteiger partial charge on any atom is 0.0517 e. The number of aromatic nitrogens is 2. The molecule has 0 saturated carbocycles. The fraction of sp³-hybridized carbons (Fsp3) is 0.267. The molecule has 1 atom stereocenters. The molecule has 2 heteroatoms. The first-order chi connectivity index (χ1) is 15.5. The Balaban J connectivity index is 1.93. The zero-order valence-corrected chi connectivity index (χ0v) is 19.7.